The number of benzene rings is 1. The highest BCUT2D eigenvalue weighted by molar-refractivity contribution is 5.93. The Morgan fingerprint density at radius 3 is 2.70 bits per heavy atom. The lowest BCUT2D eigenvalue weighted by Gasteiger charge is -2.12. The molecule has 2 aromatic rings. The van der Waals surface area contributed by atoms with Crippen LogP contribution in [0.25, 0.3) is 5.69 Å². The van der Waals surface area contributed by atoms with Crippen LogP contribution in [0.4, 0.5) is 17.6 Å². The summed E-state index contributed by atoms with van der Waals surface area (Å²) < 4.78 is 54.6. The zero-order valence-electron chi connectivity index (χ0n) is 14.1. The predicted octanol–water partition coefficient (Wildman–Crippen LogP) is 2.58. The summed E-state index contributed by atoms with van der Waals surface area (Å²) in [6.45, 7) is 1.95. The quantitative estimate of drug-likeness (QED) is 0.747. The van der Waals surface area contributed by atoms with E-state index in [1.807, 2.05) is 0 Å². The number of aromatic nitrogens is 3. The number of carbonyl (C=O) groups excluding carboxylic acids is 1. The fraction of sp³-hybridized carbons (Fsp3) is 0.438. The average molecular weight is 408 g/mol. The number of nitrogens with one attached hydrogen (secondary N) is 2. The van der Waals surface area contributed by atoms with Crippen molar-refractivity contribution in [2.24, 2.45) is 5.92 Å². The van der Waals surface area contributed by atoms with Gasteiger partial charge in [0.25, 0.3) is 5.91 Å². The molecule has 11 heteroatoms. The lowest BCUT2D eigenvalue weighted by molar-refractivity contribution is -0.143. The van der Waals surface area contributed by atoms with Crippen LogP contribution in [0.2, 0.25) is 0 Å². The lowest BCUT2D eigenvalue weighted by Crippen LogP contribution is -2.29. The second-order valence-corrected chi connectivity index (χ2v) is 6.05. The smallest absolute Gasteiger partial charge is 0.351 e. The molecule has 1 aromatic heterocycles. The molecular weight excluding hydrogens is 390 g/mol. The van der Waals surface area contributed by atoms with Crippen LogP contribution in [0.1, 0.15) is 29.0 Å². The van der Waals surface area contributed by atoms with Gasteiger partial charge in [0.15, 0.2) is 11.4 Å². The molecule has 1 unspecified atom stereocenters. The van der Waals surface area contributed by atoms with E-state index in [1.165, 1.54) is 12.1 Å². The SMILES string of the molecule is Cl.O=C(NCCC1CCNC1)c1nnn(-c2ccccc2F)c1C(F)(F)F. The van der Waals surface area contributed by atoms with Crippen molar-refractivity contribution in [3.05, 3.63) is 41.5 Å². The zero-order chi connectivity index (χ0) is 18.7. The first kappa shape index (κ1) is 21.1. The van der Waals surface area contributed by atoms with Gasteiger partial charge in [0, 0.05) is 6.54 Å². The van der Waals surface area contributed by atoms with Crippen molar-refractivity contribution in [2.75, 3.05) is 19.6 Å². The number of rotatable bonds is 5. The number of hydrogen-bond donors (Lipinski definition) is 2. The van der Waals surface area contributed by atoms with E-state index in [4.69, 9.17) is 0 Å². The Morgan fingerprint density at radius 1 is 1.33 bits per heavy atom. The van der Waals surface area contributed by atoms with Crippen molar-refractivity contribution < 1.29 is 22.4 Å². The maximum Gasteiger partial charge on any atom is 0.435 e. The van der Waals surface area contributed by atoms with Crippen LogP contribution in [-0.4, -0.2) is 40.5 Å². The fourth-order valence-corrected chi connectivity index (χ4v) is 2.92. The van der Waals surface area contributed by atoms with Crippen molar-refractivity contribution in [3.8, 4) is 5.69 Å². The van der Waals surface area contributed by atoms with Crippen molar-refractivity contribution in [2.45, 2.75) is 19.0 Å². The molecule has 0 spiro atoms. The molecule has 148 valence electrons. The summed E-state index contributed by atoms with van der Waals surface area (Å²) >= 11 is 0. The molecule has 1 fully saturated rings. The van der Waals surface area contributed by atoms with Gasteiger partial charge in [-0.15, -0.1) is 17.5 Å². The number of nitrogens with zero attached hydrogens (tertiary/aromatic N) is 3. The first-order chi connectivity index (χ1) is 12.4. The van der Waals surface area contributed by atoms with Crippen molar-refractivity contribution in [1.82, 2.24) is 25.6 Å². The van der Waals surface area contributed by atoms with E-state index >= 15 is 0 Å². The summed E-state index contributed by atoms with van der Waals surface area (Å²) in [5, 5.41) is 12.3. The molecule has 0 radical (unpaired) electrons. The maximum absolute atomic E-state index is 13.9. The highest BCUT2D eigenvalue weighted by Crippen LogP contribution is 2.33. The van der Waals surface area contributed by atoms with E-state index in [9.17, 15) is 22.4 Å². The predicted molar refractivity (Wildman–Crippen MR) is 91.5 cm³/mol. The topological polar surface area (TPSA) is 71.8 Å². The first-order valence-electron chi connectivity index (χ1n) is 8.14. The number of carbonyl (C=O) groups is 1. The molecule has 1 aromatic carbocycles. The van der Waals surface area contributed by atoms with Gasteiger partial charge in [0.1, 0.15) is 11.5 Å². The van der Waals surface area contributed by atoms with Crippen molar-refractivity contribution in [3.63, 3.8) is 0 Å². The molecule has 0 bridgehead atoms. The summed E-state index contributed by atoms with van der Waals surface area (Å²) in [6, 6.07) is 4.85. The molecule has 2 heterocycles. The summed E-state index contributed by atoms with van der Waals surface area (Å²) in [7, 11) is 0. The minimum absolute atomic E-state index is 0. The van der Waals surface area contributed by atoms with E-state index in [-0.39, 0.29) is 19.0 Å². The van der Waals surface area contributed by atoms with Crippen LogP contribution < -0.4 is 10.6 Å². The van der Waals surface area contributed by atoms with E-state index in [2.05, 4.69) is 20.9 Å². The van der Waals surface area contributed by atoms with Gasteiger partial charge in [-0.1, -0.05) is 17.3 Å². The molecule has 1 saturated heterocycles. The van der Waals surface area contributed by atoms with Crippen LogP contribution in [-0.2, 0) is 6.18 Å². The molecule has 0 saturated carbocycles. The van der Waals surface area contributed by atoms with Gasteiger partial charge < -0.3 is 10.6 Å². The van der Waals surface area contributed by atoms with E-state index in [0.29, 0.717) is 17.0 Å². The maximum atomic E-state index is 13.9. The van der Waals surface area contributed by atoms with Crippen molar-refractivity contribution >= 4 is 18.3 Å². The Kier molecular flexibility index (Phi) is 6.77. The molecule has 2 N–H and O–H groups in total. The number of hydrogen-bond acceptors (Lipinski definition) is 4. The summed E-state index contributed by atoms with van der Waals surface area (Å²) in [6.07, 6.45) is -3.30. The number of alkyl halides is 3. The zero-order valence-corrected chi connectivity index (χ0v) is 14.9. The molecule has 3 rings (SSSR count). The van der Waals surface area contributed by atoms with Gasteiger partial charge in [-0.2, -0.15) is 13.2 Å². The van der Waals surface area contributed by atoms with Crippen LogP contribution in [0.3, 0.4) is 0 Å². The van der Waals surface area contributed by atoms with Crippen LogP contribution in [0, 0.1) is 11.7 Å². The third-order valence-corrected chi connectivity index (χ3v) is 4.24. The largest absolute Gasteiger partial charge is 0.435 e. The molecule has 27 heavy (non-hydrogen) atoms. The standard InChI is InChI=1S/C16H17F4N5O.ClH/c17-11-3-1-2-4-12(11)25-14(16(18,19)20)13(23-24-25)15(26)22-8-6-10-5-7-21-9-10;/h1-4,10,21H,5-9H2,(H,22,26);1H. The molecular formula is C16H18ClF4N5O. The Bertz CT molecular complexity index is 789. The minimum Gasteiger partial charge on any atom is -0.351 e. The normalized spacial score (nSPS) is 16.8. The van der Waals surface area contributed by atoms with Gasteiger partial charge in [-0.3, -0.25) is 4.79 Å². The Morgan fingerprint density at radius 2 is 2.07 bits per heavy atom. The molecule has 1 atom stereocenters. The summed E-state index contributed by atoms with van der Waals surface area (Å²) in [5.41, 5.74) is -2.70. The average Bonchev–Trinajstić information content (AvgIpc) is 3.24. The van der Waals surface area contributed by atoms with Gasteiger partial charge in [0.05, 0.1) is 0 Å². The summed E-state index contributed by atoms with van der Waals surface area (Å²) in [4.78, 5) is 12.2. The second-order valence-electron chi connectivity index (χ2n) is 6.05. The highest BCUT2D eigenvalue weighted by atomic mass is 35.5. The number of halogens is 5. The van der Waals surface area contributed by atoms with E-state index in [1.54, 1.807) is 0 Å². The van der Waals surface area contributed by atoms with Gasteiger partial charge >= 0.3 is 6.18 Å². The van der Waals surface area contributed by atoms with Crippen LogP contribution >= 0.6 is 12.4 Å². The molecule has 1 aliphatic rings. The van der Waals surface area contributed by atoms with Crippen LogP contribution in [0.5, 0.6) is 0 Å². The first-order valence-corrected chi connectivity index (χ1v) is 8.14. The monoisotopic (exact) mass is 407 g/mol. The van der Waals surface area contributed by atoms with Crippen molar-refractivity contribution in [1.29, 1.82) is 0 Å². The molecule has 6 nitrogen and oxygen atoms in total. The fourth-order valence-electron chi connectivity index (χ4n) is 2.92. The van der Waals surface area contributed by atoms with Gasteiger partial charge in [-0.05, 0) is 44.0 Å². The summed E-state index contributed by atoms with van der Waals surface area (Å²) in [5.74, 6) is -1.50. The Labute approximate surface area is 158 Å². The lowest BCUT2D eigenvalue weighted by atomic mass is 10.1. The molecule has 1 amide bonds. The minimum atomic E-state index is -4.92. The third-order valence-electron chi connectivity index (χ3n) is 4.24. The number of amides is 1. The molecule has 0 aliphatic carbocycles. The van der Waals surface area contributed by atoms with E-state index in [0.717, 1.165) is 31.6 Å². The van der Waals surface area contributed by atoms with E-state index < -0.39 is 35.0 Å². The Hall–Kier alpha value is -2.20. The number of para-hydroxylation sites is 1. The molecule has 1 aliphatic heterocycles. The third kappa shape index (κ3) is 4.75. The van der Waals surface area contributed by atoms with Gasteiger partial charge in [0.2, 0.25) is 0 Å². The highest BCUT2D eigenvalue weighted by Gasteiger charge is 2.42. The van der Waals surface area contributed by atoms with Crippen LogP contribution in [0.15, 0.2) is 24.3 Å². The Balaban J connectivity index is 0.00000261. The van der Waals surface area contributed by atoms with Gasteiger partial charge in [-0.25, -0.2) is 9.07 Å². The second kappa shape index (κ2) is 8.66.